The van der Waals surface area contributed by atoms with Crippen LogP contribution in [0.25, 0.3) is 0 Å². The molecular weight excluding hydrogens is 1460 g/mol. The topological polar surface area (TPSA) is 412 Å². The number of nitrogens with one attached hydrogen (secondary N) is 5. The molecular formula is C55H83Gd2N13O17Si. The van der Waals surface area contributed by atoms with Gasteiger partial charge in [0.05, 0.1) is 61.0 Å². The third-order valence-corrected chi connectivity index (χ3v) is 15.1. The van der Waals surface area contributed by atoms with E-state index in [9.17, 15) is 83.4 Å². The minimum absolute atomic E-state index is 0. The third-order valence-electron chi connectivity index (χ3n) is 14.2. The zero-order valence-corrected chi connectivity index (χ0v) is 56.1. The van der Waals surface area contributed by atoms with Crippen molar-refractivity contribution in [1.29, 1.82) is 0 Å². The molecule has 5 amide bonds. The smallest absolute Gasteiger partial charge is 0.549 e. The Labute approximate surface area is 578 Å². The number of aryl methyl sites for hydroxylation is 1. The molecule has 0 spiro atoms. The number of benzene rings is 1. The van der Waals surface area contributed by atoms with Crippen LogP contribution in [0.2, 0.25) is 19.6 Å². The van der Waals surface area contributed by atoms with Gasteiger partial charge in [0.2, 0.25) is 29.5 Å². The van der Waals surface area contributed by atoms with E-state index in [1.54, 1.807) is 9.80 Å². The molecule has 2 aliphatic heterocycles. The number of nitrogens with zero attached hydrogens (tertiary/aromatic N) is 8. The quantitative estimate of drug-likeness (QED) is 0.0295. The van der Waals surface area contributed by atoms with Crippen LogP contribution in [0.1, 0.15) is 31.4 Å². The molecule has 1 aromatic rings. The number of carbonyl (C=O) groups excluding carboxylic acids is 11. The van der Waals surface area contributed by atoms with E-state index in [0.717, 1.165) is 11.1 Å². The van der Waals surface area contributed by atoms with Crippen LogP contribution in [0.4, 0.5) is 0 Å². The first-order chi connectivity index (χ1) is 40.5. The largest absolute Gasteiger partial charge is 3.00 e. The molecule has 2 unspecified atom stereocenters. The molecule has 2 radical (unpaired) electrons. The minimum atomic E-state index is -1.59. The van der Waals surface area contributed by atoms with Crippen LogP contribution in [0.3, 0.4) is 0 Å². The van der Waals surface area contributed by atoms with Crippen LogP contribution in [-0.2, 0) is 59.2 Å². The van der Waals surface area contributed by atoms with Gasteiger partial charge in [-0.3, -0.25) is 63.2 Å². The molecule has 3 atom stereocenters. The molecule has 3 rings (SSSR count). The maximum atomic E-state index is 13.8. The Morgan fingerprint density at radius 1 is 0.455 bits per heavy atom. The van der Waals surface area contributed by atoms with E-state index >= 15 is 0 Å². The summed E-state index contributed by atoms with van der Waals surface area (Å²) in [5.41, 5.74) is 5.18. The second-order valence-electron chi connectivity index (χ2n) is 22.3. The maximum Gasteiger partial charge on any atom is 3.00 e. The van der Waals surface area contributed by atoms with E-state index in [0.29, 0.717) is 12.8 Å². The van der Waals surface area contributed by atoms with Crippen LogP contribution in [0.15, 0.2) is 24.3 Å². The maximum absolute atomic E-state index is 13.8. The molecule has 490 valence electrons. The second-order valence-corrected chi connectivity index (χ2v) is 27.0. The Morgan fingerprint density at radius 2 is 0.773 bits per heavy atom. The standard InChI is InChI=1S/C55H89N13O17Si.2Gd/c1-40(67-26-22-63(36-49(75)76)18-14-61(34-47(71)72)15-19-64(23-27-67)37-50(77)78)53(83)58-32-45(69)57-31-44(55(85)56-13-6-7-42-8-10-43(11-9-42)12-30-86(3,4)5)60-46(70)33-59-54(84)41(2)68-28-24-65(38-51(79)80)20-16-62(35-48(73)74)17-21-66(25-29-68)39-52(81)82;;/h8-11,40-41,44H,6-7,13-29,31-39H2,1-5H3,(H,56,85)(H,57,69)(H,58,83)(H,59,84)(H,60,70)(H,71,72)(H,73,74)(H,75,76)(H,77,78)(H,79,80)(H,81,82);;/q;2*+3/p-6/t40?,41?,44-;;/m0../s1. The molecule has 88 heavy (non-hydrogen) atoms. The van der Waals surface area contributed by atoms with Gasteiger partial charge in [0.1, 0.15) is 14.1 Å². The summed E-state index contributed by atoms with van der Waals surface area (Å²) < 4.78 is 0. The molecule has 2 aliphatic rings. The fraction of sp³-hybridized carbons (Fsp3) is 0.655. The fourth-order valence-corrected chi connectivity index (χ4v) is 9.78. The minimum Gasteiger partial charge on any atom is -0.549 e. The summed E-state index contributed by atoms with van der Waals surface area (Å²) in [5.74, 6) is -8.74. The summed E-state index contributed by atoms with van der Waals surface area (Å²) in [6.45, 7) is 6.13. The molecule has 2 fully saturated rings. The Morgan fingerprint density at radius 3 is 1.09 bits per heavy atom. The van der Waals surface area contributed by atoms with Gasteiger partial charge in [-0.15, -0.1) is 5.54 Å². The molecule has 0 bridgehead atoms. The van der Waals surface area contributed by atoms with Crippen LogP contribution in [0.5, 0.6) is 0 Å². The number of hydrogen-bond acceptors (Lipinski definition) is 25. The Hall–Kier alpha value is -4.50. The van der Waals surface area contributed by atoms with Crippen LogP contribution < -0.4 is 57.2 Å². The van der Waals surface area contributed by atoms with Gasteiger partial charge >= 0.3 is 79.9 Å². The summed E-state index contributed by atoms with van der Waals surface area (Å²) in [6, 6.07) is 4.35. The van der Waals surface area contributed by atoms with Gasteiger partial charge in [-0.05, 0) is 44.4 Å². The number of rotatable bonds is 28. The first-order valence-corrected chi connectivity index (χ1v) is 32.1. The van der Waals surface area contributed by atoms with Gasteiger partial charge in [-0.25, -0.2) is 0 Å². The molecule has 2 saturated heterocycles. The Bertz CT molecular complexity index is 2460. The summed E-state index contributed by atoms with van der Waals surface area (Å²) in [6.07, 6.45) is 1.05. The van der Waals surface area contributed by atoms with Crippen molar-refractivity contribution in [3.8, 4) is 11.5 Å². The van der Waals surface area contributed by atoms with Crippen LogP contribution in [0, 0.1) is 91.3 Å². The van der Waals surface area contributed by atoms with Gasteiger partial charge in [0.25, 0.3) is 0 Å². The average molecular weight is 1540 g/mol. The average Bonchev–Trinajstić information content (AvgIpc) is 3.64. The van der Waals surface area contributed by atoms with Gasteiger partial charge in [0.15, 0.2) is 0 Å². The Balaban J connectivity index is 0.0000194. The zero-order valence-electron chi connectivity index (χ0n) is 50.6. The number of carbonyl (C=O) groups is 11. The van der Waals surface area contributed by atoms with Crippen LogP contribution >= 0.6 is 0 Å². The van der Waals surface area contributed by atoms with Crippen LogP contribution in [-0.4, -0.2) is 301 Å². The molecule has 0 aromatic heterocycles. The van der Waals surface area contributed by atoms with Crippen molar-refractivity contribution in [2.24, 2.45) is 0 Å². The molecule has 5 N–H and O–H groups in total. The van der Waals surface area contributed by atoms with E-state index in [2.05, 4.69) is 57.7 Å². The number of amides is 5. The van der Waals surface area contributed by atoms with Crippen molar-refractivity contribution in [2.45, 2.75) is 64.5 Å². The predicted molar refractivity (Wildman–Crippen MR) is 300 cm³/mol. The predicted octanol–water partition coefficient (Wildman–Crippen LogP) is -12.5. The summed E-state index contributed by atoms with van der Waals surface area (Å²) in [4.78, 5) is 150. The molecule has 0 saturated carbocycles. The molecule has 2 heterocycles. The van der Waals surface area contributed by atoms with E-state index in [1.165, 1.54) is 43.2 Å². The van der Waals surface area contributed by atoms with E-state index in [-0.39, 0.29) is 191 Å². The van der Waals surface area contributed by atoms with Gasteiger partial charge < -0.3 is 86.0 Å². The molecule has 33 heteroatoms. The second kappa shape index (κ2) is 43.3. The SMILES string of the molecule is CC(C(=O)NCC(=O)NC[C@H](NC(=O)CNC(=O)C(C)N1CCN(CC(=O)[O-])CCN(CC(=O)[O-])CCN(CC(=O)[O-])CC1)C(=O)NCCCc1ccc(C#C[Si](C)(C)C)cc1)N1CCN(CC(=O)[O-])CCN(CC(=O)[O-])CCN(CC(=O)[O-])CC1.[Gd+3].[Gd+3]. The van der Waals surface area contributed by atoms with Crippen molar-refractivity contribution in [2.75, 3.05) is 170 Å². The van der Waals surface area contributed by atoms with E-state index in [1.807, 2.05) is 24.3 Å². The van der Waals surface area contributed by atoms with Crippen molar-refractivity contribution in [1.82, 2.24) is 65.8 Å². The van der Waals surface area contributed by atoms with Gasteiger partial charge in [0, 0.05) is 163 Å². The van der Waals surface area contributed by atoms with Crippen molar-refractivity contribution in [3.05, 3.63) is 35.4 Å². The number of carboxylic acid groups (broad SMARTS) is 6. The monoisotopic (exact) mass is 1540 g/mol. The van der Waals surface area contributed by atoms with E-state index in [4.69, 9.17) is 0 Å². The van der Waals surface area contributed by atoms with Crippen molar-refractivity contribution >= 4 is 73.4 Å². The summed E-state index contributed by atoms with van der Waals surface area (Å²) in [7, 11) is -1.59. The fourth-order valence-electron chi connectivity index (χ4n) is 9.26. The number of carboxylic acids is 6. The number of hydrogen-bond donors (Lipinski definition) is 5. The summed E-state index contributed by atoms with van der Waals surface area (Å²) >= 11 is 0. The molecule has 0 aliphatic carbocycles. The van der Waals surface area contributed by atoms with E-state index < -0.39 is 150 Å². The first-order valence-electron chi connectivity index (χ1n) is 28.6. The summed E-state index contributed by atoms with van der Waals surface area (Å²) in [5, 5.41) is 82.5. The molecule has 1 aromatic carbocycles. The normalized spacial score (nSPS) is 17.4. The third kappa shape index (κ3) is 35.8. The molecule has 30 nitrogen and oxygen atoms in total. The van der Waals surface area contributed by atoms with Gasteiger partial charge in [-0.1, -0.05) is 37.7 Å². The zero-order chi connectivity index (χ0) is 63.9. The Kier molecular flexibility index (Phi) is 40.1. The van der Waals surface area contributed by atoms with Gasteiger partial charge in [-0.2, -0.15) is 0 Å². The van der Waals surface area contributed by atoms with Crippen molar-refractivity contribution < 1.29 is 163 Å². The van der Waals surface area contributed by atoms with Crippen molar-refractivity contribution in [3.63, 3.8) is 0 Å². The first kappa shape index (κ1) is 81.5. The number of aliphatic carboxylic acids is 6.